The molecule has 0 saturated heterocycles. The molecule has 1 aliphatic heterocycles. The van der Waals surface area contributed by atoms with Crippen LogP contribution in [0.2, 0.25) is 0 Å². The van der Waals surface area contributed by atoms with Crippen LogP contribution in [0, 0.1) is 0 Å². The van der Waals surface area contributed by atoms with Gasteiger partial charge >= 0.3 is 0 Å². The van der Waals surface area contributed by atoms with Crippen LogP contribution in [-0.2, 0) is 4.79 Å². The molecule has 1 atom stereocenters. The van der Waals surface area contributed by atoms with Gasteiger partial charge in [0.2, 0.25) is 5.78 Å². The average molecular weight is 241 g/mol. The average Bonchev–Trinajstić information content (AvgIpc) is 2.35. The second-order valence-electron chi connectivity index (χ2n) is 4.27. The van der Waals surface area contributed by atoms with Gasteiger partial charge in [-0.3, -0.25) is 4.79 Å². The highest BCUT2D eigenvalue weighted by atomic mass is 32.1. The van der Waals surface area contributed by atoms with Gasteiger partial charge < -0.3 is 4.90 Å². The molecule has 3 aliphatic rings. The molecule has 3 rings (SSSR count). The number of Topliss-reactive ketones (excluding diaryl/α,β-unsaturated/α-hetero) is 1. The van der Waals surface area contributed by atoms with Crippen molar-refractivity contribution in [2.45, 2.75) is 6.04 Å². The Balaban J connectivity index is 2.15. The molecule has 2 aliphatic carbocycles. The van der Waals surface area contributed by atoms with E-state index in [-0.39, 0.29) is 11.8 Å². The Kier molecular flexibility index (Phi) is 2.23. The highest BCUT2D eigenvalue weighted by Gasteiger charge is 2.30. The number of rotatable bonds is 0. The van der Waals surface area contributed by atoms with Gasteiger partial charge in [-0.2, -0.15) is 0 Å². The predicted octanol–water partition coefficient (Wildman–Crippen LogP) is 2.12. The molecule has 0 radical (unpaired) electrons. The van der Waals surface area contributed by atoms with Crippen molar-refractivity contribution in [3.8, 4) is 0 Å². The lowest BCUT2D eigenvalue weighted by atomic mass is 9.88. The van der Waals surface area contributed by atoms with E-state index in [0.29, 0.717) is 10.4 Å². The Morgan fingerprint density at radius 3 is 2.88 bits per heavy atom. The fraction of sp³-hybridized carbons (Fsp3) is 0.143. The first-order chi connectivity index (χ1) is 8.18. The molecule has 3 heteroatoms. The Morgan fingerprint density at radius 1 is 1.24 bits per heavy atom. The molecule has 0 fully saturated rings. The van der Waals surface area contributed by atoms with Crippen LogP contribution in [0.25, 0.3) is 0 Å². The largest absolute Gasteiger partial charge is 0.363 e. The Labute approximate surface area is 105 Å². The molecule has 0 bridgehead atoms. The quantitative estimate of drug-likeness (QED) is 0.606. The van der Waals surface area contributed by atoms with E-state index in [1.165, 1.54) is 0 Å². The van der Waals surface area contributed by atoms with Gasteiger partial charge in [0.05, 0.1) is 10.9 Å². The second kappa shape index (κ2) is 3.64. The SMILES string of the molecule is CN1C2=C(C=C3C=CC=CC31)C(=O)C(=S)C=C2. The Morgan fingerprint density at radius 2 is 2.06 bits per heavy atom. The monoisotopic (exact) mass is 241 g/mol. The number of hydrogen-bond donors (Lipinski definition) is 0. The van der Waals surface area contributed by atoms with Gasteiger partial charge in [0.15, 0.2) is 0 Å². The van der Waals surface area contributed by atoms with Gasteiger partial charge in [-0.25, -0.2) is 0 Å². The van der Waals surface area contributed by atoms with Crippen molar-refractivity contribution in [3.63, 3.8) is 0 Å². The molecule has 0 N–H and O–H groups in total. The van der Waals surface area contributed by atoms with E-state index >= 15 is 0 Å². The summed E-state index contributed by atoms with van der Waals surface area (Å²) in [6.07, 6.45) is 13.8. The van der Waals surface area contributed by atoms with Crippen molar-refractivity contribution in [1.29, 1.82) is 0 Å². The smallest absolute Gasteiger partial charge is 0.205 e. The molecule has 0 aromatic heterocycles. The van der Waals surface area contributed by atoms with Gasteiger partial charge in [0.25, 0.3) is 0 Å². The Hall–Kier alpha value is -1.74. The van der Waals surface area contributed by atoms with E-state index < -0.39 is 0 Å². The van der Waals surface area contributed by atoms with Crippen LogP contribution >= 0.6 is 12.2 Å². The van der Waals surface area contributed by atoms with Crippen LogP contribution in [-0.4, -0.2) is 28.6 Å². The highest BCUT2D eigenvalue weighted by Crippen LogP contribution is 2.31. The summed E-state index contributed by atoms with van der Waals surface area (Å²) in [5.41, 5.74) is 2.81. The van der Waals surface area contributed by atoms with E-state index in [4.69, 9.17) is 12.2 Å². The van der Waals surface area contributed by atoms with Crippen LogP contribution in [0.3, 0.4) is 0 Å². The second-order valence-corrected chi connectivity index (χ2v) is 4.71. The zero-order valence-corrected chi connectivity index (χ0v) is 10.2. The molecule has 84 valence electrons. The number of allylic oxidation sites excluding steroid dienone is 6. The number of carbonyl (C=O) groups is 1. The summed E-state index contributed by atoms with van der Waals surface area (Å²) in [5.74, 6) is -0.0433. The number of hydrogen-bond acceptors (Lipinski definition) is 3. The molecular formula is C14H11NOS. The minimum Gasteiger partial charge on any atom is -0.363 e. The molecule has 0 aromatic rings. The van der Waals surface area contributed by atoms with Crippen molar-refractivity contribution in [1.82, 2.24) is 4.90 Å². The third kappa shape index (κ3) is 1.46. The molecule has 1 heterocycles. The van der Waals surface area contributed by atoms with Gasteiger partial charge in [0, 0.05) is 18.3 Å². The number of likely N-dealkylation sites (N-methyl/N-ethyl adjacent to an activating group) is 1. The first-order valence-corrected chi connectivity index (χ1v) is 5.89. The van der Waals surface area contributed by atoms with E-state index in [2.05, 4.69) is 11.0 Å². The van der Waals surface area contributed by atoms with Crippen molar-refractivity contribution in [2.24, 2.45) is 0 Å². The standard InChI is InChI=1S/C14H11NOS/c1-15-11-5-3-2-4-9(11)8-10-12(15)6-7-13(17)14(10)16/h2-8,11H,1H3. The van der Waals surface area contributed by atoms with Crippen molar-refractivity contribution in [3.05, 3.63) is 59.4 Å². The van der Waals surface area contributed by atoms with Crippen molar-refractivity contribution in [2.75, 3.05) is 7.05 Å². The van der Waals surface area contributed by atoms with Gasteiger partial charge in [-0.1, -0.05) is 36.5 Å². The summed E-state index contributed by atoms with van der Waals surface area (Å²) < 4.78 is 0. The molecule has 0 saturated carbocycles. The van der Waals surface area contributed by atoms with Crippen LogP contribution in [0.5, 0.6) is 0 Å². The molecule has 0 amide bonds. The number of ketones is 1. The summed E-state index contributed by atoms with van der Waals surface area (Å²) in [4.78, 5) is 14.5. The zero-order valence-electron chi connectivity index (χ0n) is 9.38. The summed E-state index contributed by atoms with van der Waals surface area (Å²) in [7, 11) is 2.00. The lowest BCUT2D eigenvalue weighted by molar-refractivity contribution is -0.109. The first-order valence-electron chi connectivity index (χ1n) is 5.49. The molecule has 2 nitrogen and oxygen atoms in total. The minimum absolute atomic E-state index is 0.0433. The summed E-state index contributed by atoms with van der Waals surface area (Å²) in [6.45, 7) is 0. The molecule has 17 heavy (non-hydrogen) atoms. The fourth-order valence-corrected chi connectivity index (χ4v) is 2.54. The Bertz CT molecular complexity index is 575. The zero-order chi connectivity index (χ0) is 12.0. The maximum absolute atomic E-state index is 12.0. The molecule has 0 spiro atoms. The third-order valence-electron chi connectivity index (χ3n) is 3.28. The minimum atomic E-state index is -0.0433. The maximum Gasteiger partial charge on any atom is 0.205 e. The first kappa shape index (κ1) is 10.4. The van der Waals surface area contributed by atoms with Crippen LogP contribution in [0.15, 0.2) is 59.4 Å². The van der Waals surface area contributed by atoms with Gasteiger partial charge in [-0.15, -0.1) is 0 Å². The lowest BCUT2D eigenvalue weighted by Crippen LogP contribution is -2.37. The number of thiocarbonyl (C=S) groups is 1. The van der Waals surface area contributed by atoms with Crippen molar-refractivity contribution >= 4 is 22.9 Å². The summed E-state index contributed by atoms with van der Waals surface area (Å²) >= 11 is 5.03. The fourth-order valence-electron chi connectivity index (χ4n) is 2.36. The highest BCUT2D eigenvalue weighted by molar-refractivity contribution is 7.82. The van der Waals surface area contributed by atoms with Gasteiger partial charge in [-0.05, 0) is 23.8 Å². The normalized spacial score (nSPS) is 26.1. The lowest BCUT2D eigenvalue weighted by Gasteiger charge is -2.36. The molecule has 0 aromatic carbocycles. The number of nitrogens with zero attached hydrogens (tertiary/aromatic N) is 1. The predicted molar refractivity (Wildman–Crippen MR) is 71.7 cm³/mol. The van der Waals surface area contributed by atoms with E-state index in [0.717, 1.165) is 11.3 Å². The topological polar surface area (TPSA) is 20.3 Å². The van der Waals surface area contributed by atoms with E-state index in [1.807, 2.05) is 37.4 Å². The number of carbonyl (C=O) groups excluding carboxylic acids is 1. The molecular weight excluding hydrogens is 230 g/mol. The van der Waals surface area contributed by atoms with Crippen LogP contribution < -0.4 is 0 Å². The maximum atomic E-state index is 12.0. The molecule has 1 unspecified atom stereocenters. The summed E-state index contributed by atoms with van der Waals surface area (Å²) in [6, 6.07) is 0.225. The van der Waals surface area contributed by atoms with Crippen molar-refractivity contribution < 1.29 is 4.79 Å². The summed E-state index contributed by atoms with van der Waals surface area (Å²) in [5, 5.41) is 0. The van der Waals surface area contributed by atoms with E-state index in [9.17, 15) is 4.79 Å². The van der Waals surface area contributed by atoms with Gasteiger partial charge in [0.1, 0.15) is 0 Å². The van der Waals surface area contributed by atoms with Crippen LogP contribution in [0.1, 0.15) is 0 Å². The van der Waals surface area contributed by atoms with E-state index in [1.54, 1.807) is 6.08 Å². The van der Waals surface area contributed by atoms with Crippen LogP contribution in [0.4, 0.5) is 0 Å². The number of fused-ring (bicyclic) bond motifs is 1. The third-order valence-corrected chi connectivity index (χ3v) is 3.60.